The Bertz CT molecular complexity index is 945. The maximum Gasteiger partial charge on any atom is 0.220 e. The van der Waals surface area contributed by atoms with Gasteiger partial charge in [0.25, 0.3) is 0 Å². The molecule has 6 heteroatoms. The first-order valence-corrected chi connectivity index (χ1v) is 6.80. The standard InChI is InChI=1S/C16H12N6/c17-16-19-9-7-11(20-16)14-13-6-2-4-10-22(13)21-15(14)12-5-1-3-8-18-12/h1-10H,(H2,17,19,20). The van der Waals surface area contributed by atoms with Crippen molar-refractivity contribution in [2.45, 2.75) is 0 Å². The lowest BCUT2D eigenvalue weighted by Crippen LogP contribution is -1.96. The molecular formula is C16H12N6. The topological polar surface area (TPSA) is 82.0 Å². The summed E-state index contributed by atoms with van der Waals surface area (Å²) in [4.78, 5) is 12.7. The minimum Gasteiger partial charge on any atom is -0.368 e. The molecule has 22 heavy (non-hydrogen) atoms. The summed E-state index contributed by atoms with van der Waals surface area (Å²) in [5.41, 5.74) is 9.86. The van der Waals surface area contributed by atoms with Crippen molar-refractivity contribution in [3.05, 3.63) is 61.1 Å². The first-order chi connectivity index (χ1) is 10.8. The third kappa shape index (κ3) is 1.98. The smallest absolute Gasteiger partial charge is 0.220 e. The van der Waals surface area contributed by atoms with Gasteiger partial charge in [0.05, 0.1) is 22.5 Å². The molecule has 2 N–H and O–H groups in total. The highest BCUT2D eigenvalue weighted by molar-refractivity contribution is 5.89. The van der Waals surface area contributed by atoms with E-state index < -0.39 is 0 Å². The normalized spacial score (nSPS) is 10.9. The monoisotopic (exact) mass is 288 g/mol. The maximum absolute atomic E-state index is 5.73. The molecule has 4 aromatic rings. The summed E-state index contributed by atoms with van der Waals surface area (Å²) in [5.74, 6) is 0.236. The third-order valence-electron chi connectivity index (χ3n) is 3.38. The van der Waals surface area contributed by atoms with E-state index in [2.05, 4.69) is 20.1 Å². The number of hydrogen-bond acceptors (Lipinski definition) is 5. The second-order valence-electron chi connectivity index (χ2n) is 4.77. The number of rotatable bonds is 2. The van der Waals surface area contributed by atoms with Crippen LogP contribution >= 0.6 is 0 Å². The quantitative estimate of drug-likeness (QED) is 0.612. The number of nitrogens with two attached hydrogens (primary N) is 1. The van der Waals surface area contributed by atoms with Crippen LogP contribution in [0.4, 0.5) is 5.95 Å². The first kappa shape index (κ1) is 12.5. The predicted molar refractivity (Wildman–Crippen MR) is 83.9 cm³/mol. The fourth-order valence-corrected chi connectivity index (χ4v) is 2.45. The molecule has 0 radical (unpaired) electrons. The molecule has 0 atom stereocenters. The third-order valence-corrected chi connectivity index (χ3v) is 3.38. The number of nitrogens with zero attached hydrogens (tertiary/aromatic N) is 5. The van der Waals surface area contributed by atoms with Crippen LogP contribution in [0.2, 0.25) is 0 Å². The van der Waals surface area contributed by atoms with Crippen LogP contribution in [0.5, 0.6) is 0 Å². The van der Waals surface area contributed by atoms with Gasteiger partial charge in [0, 0.05) is 18.6 Å². The molecule has 6 nitrogen and oxygen atoms in total. The van der Waals surface area contributed by atoms with Gasteiger partial charge in [-0.1, -0.05) is 12.1 Å². The number of nitrogen functional groups attached to an aromatic ring is 1. The maximum atomic E-state index is 5.73. The highest BCUT2D eigenvalue weighted by atomic mass is 15.2. The van der Waals surface area contributed by atoms with Crippen LogP contribution in [0, 0.1) is 0 Å². The molecule has 0 aliphatic heterocycles. The predicted octanol–water partition coefficient (Wildman–Crippen LogP) is 2.44. The number of anilines is 1. The summed E-state index contributed by atoms with van der Waals surface area (Å²) in [5, 5.41) is 4.64. The van der Waals surface area contributed by atoms with Crippen LogP contribution in [0.15, 0.2) is 61.1 Å². The van der Waals surface area contributed by atoms with Gasteiger partial charge in [0.1, 0.15) is 5.69 Å². The Hall–Kier alpha value is -3.28. The summed E-state index contributed by atoms with van der Waals surface area (Å²) in [6, 6.07) is 13.5. The average Bonchev–Trinajstić information content (AvgIpc) is 2.95. The van der Waals surface area contributed by atoms with Crippen molar-refractivity contribution in [3.8, 4) is 22.6 Å². The Kier molecular flexibility index (Phi) is 2.79. The van der Waals surface area contributed by atoms with Crippen LogP contribution < -0.4 is 5.73 Å². The van der Waals surface area contributed by atoms with E-state index in [1.807, 2.05) is 53.2 Å². The van der Waals surface area contributed by atoms with E-state index in [0.717, 1.165) is 28.2 Å². The van der Waals surface area contributed by atoms with Crippen molar-refractivity contribution in [1.29, 1.82) is 0 Å². The van der Waals surface area contributed by atoms with Crippen LogP contribution in [0.1, 0.15) is 0 Å². The highest BCUT2D eigenvalue weighted by Crippen LogP contribution is 2.32. The second kappa shape index (κ2) is 4.92. The highest BCUT2D eigenvalue weighted by Gasteiger charge is 2.18. The lowest BCUT2D eigenvalue weighted by Gasteiger charge is -2.03. The molecule has 4 aromatic heterocycles. The Balaban J connectivity index is 2.07. The fourth-order valence-electron chi connectivity index (χ4n) is 2.45. The van der Waals surface area contributed by atoms with Crippen molar-refractivity contribution < 1.29 is 0 Å². The van der Waals surface area contributed by atoms with Crippen molar-refractivity contribution in [2.24, 2.45) is 0 Å². The SMILES string of the molecule is Nc1nccc(-c2c(-c3ccccn3)nn3ccccc23)n1. The molecule has 4 rings (SSSR count). The average molecular weight is 288 g/mol. The van der Waals surface area contributed by atoms with Crippen molar-refractivity contribution in [2.75, 3.05) is 5.73 Å². The van der Waals surface area contributed by atoms with Gasteiger partial charge in [-0.15, -0.1) is 0 Å². The van der Waals surface area contributed by atoms with E-state index in [-0.39, 0.29) is 5.95 Å². The molecule has 0 bridgehead atoms. The molecule has 0 spiro atoms. The van der Waals surface area contributed by atoms with Crippen molar-refractivity contribution in [1.82, 2.24) is 24.6 Å². The van der Waals surface area contributed by atoms with Gasteiger partial charge in [-0.3, -0.25) is 4.98 Å². The van der Waals surface area contributed by atoms with Crippen LogP contribution in [-0.2, 0) is 0 Å². The van der Waals surface area contributed by atoms with E-state index in [9.17, 15) is 0 Å². The minimum atomic E-state index is 0.236. The van der Waals surface area contributed by atoms with Gasteiger partial charge < -0.3 is 5.73 Å². The Morgan fingerprint density at radius 2 is 1.77 bits per heavy atom. The zero-order valence-electron chi connectivity index (χ0n) is 11.6. The summed E-state index contributed by atoms with van der Waals surface area (Å²) in [7, 11) is 0. The first-order valence-electron chi connectivity index (χ1n) is 6.80. The minimum absolute atomic E-state index is 0.236. The zero-order valence-corrected chi connectivity index (χ0v) is 11.6. The van der Waals surface area contributed by atoms with E-state index in [1.54, 1.807) is 12.4 Å². The summed E-state index contributed by atoms with van der Waals surface area (Å²) >= 11 is 0. The molecule has 0 unspecified atom stereocenters. The number of hydrogen-bond donors (Lipinski definition) is 1. The molecule has 0 aliphatic rings. The van der Waals surface area contributed by atoms with E-state index in [0.29, 0.717) is 0 Å². The Morgan fingerprint density at radius 1 is 0.864 bits per heavy atom. The van der Waals surface area contributed by atoms with E-state index >= 15 is 0 Å². The van der Waals surface area contributed by atoms with Gasteiger partial charge in [-0.25, -0.2) is 14.5 Å². The lowest BCUT2D eigenvalue weighted by molar-refractivity contribution is 0.962. The fraction of sp³-hybridized carbons (Fsp3) is 0. The van der Waals surface area contributed by atoms with Gasteiger partial charge >= 0.3 is 0 Å². The molecule has 0 saturated heterocycles. The molecule has 0 aliphatic carbocycles. The lowest BCUT2D eigenvalue weighted by atomic mass is 10.1. The molecule has 0 fully saturated rings. The molecule has 4 heterocycles. The molecule has 0 aromatic carbocycles. The van der Waals surface area contributed by atoms with E-state index in [1.165, 1.54) is 0 Å². The van der Waals surface area contributed by atoms with Gasteiger partial charge in [0.2, 0.25) is 5.95 Å². The molecular weight excluding hydrogens is 276 g/mol. The number of aromatic nitrogens is 5. The van der Waals surface area contributed by atoms with E-state index in [4.69, 9.17) is 5.73 Å². The van der Waals surface area contributed by atoms with Crippen LogP contribution in [0.25, 0.3) is 28.2 Å². The number of fused-ring (bicyclic) bond motifs is 1. The van der Waals surface area contributed by atoms with Crippen LogP contribution in [0.3, 0.4) is 0 Å². The summed E-state index contributed by atoms with van der Waals surface area (Å²) in [6.07, 6.45) is 5.29. The van der Waals surface area contributed by atoms with Gasteiger partial charge in [-0.2, -0.15) is 5.10 Å². The number of pyridine rings is 2. The molecule has 0 saturated carbocycles. The molecule has 0 amide bonds. The van der Waals surface area contributed by atoms with Gasteiger partial charge in [0.15, 0.2) is 0 Å². The van der Waals surface area contributed by atoms with Crippen molar-refractivity contribution in [3.63, 3.8) is 0 Å². The Labute approximate surface area is 126 Å². The second-order valence-corrected chi connectivity index (χ2v) is 4.77. The summed E-state index contributed by atoms with van der Waals surface area (Å²) < 4.78 is 1.82. The Morgan fingerprint density at radius 3 is 2.59 bits per heavy atom. The zero-order chi connectivity index (χ0) is 14.9. The van der Waals surface area contributed by atoms with Gasteiger partial charge in [-0.05, 0) is 30.3 Å². The van der Waals surface area contributed by atoms with Crippen LogP contribution in [-0.4, -0.2) is 24.6 Å². The van der Waals surface area contributed by atoms with Crippen molar-refractivity contribution >= 4 is 11.5 Å². The molecule has 106 valence electrons. The largest absolute Gasteiger partial charge is 0.368 e. The summed E-state index contributed by atoms with van der Waals surface area (Å²) in [6.45, 7) is 0.